The zero-order valence-corrected chi connectivity index (χ0v) is 18.5. The first-order valence-corrected chi connectivity index (χ1v) is 8.62. The second-order valence-corrected chi connectivity index (χ2v) is 5.74. The summed E-state index contributed by atoms with van der Waals surface area (Å²) < 4.78 is 23.7. The lowest BCUT2D eigenvalue weighted by Crippen LogP contribution is -2.41. The maximum Gasteiger partial charge on any atom is 0.191 e. The lowest BCUT2D eigenvalue weighted by molar-refractivity contribution is 0.180. The first-order valence-electron chi connectivity index (χ1n) is 8.62. The monoisotopic (exact) mass is 482 g/mol. The summed E-state index contributed by atoms with van der Waals surface area (Å²) in [6.45, 7) is 6.65. The molecule has 0 fully saturated rings. The summed E-state index contributed by atoms with van der Waals surface area (Å²) in [5.74, 6) is 0.601. The van der Waals surface area contributed by atoms with Crippen LogP contribution in [0.2, 0.25) is 0 Å². The van der Waals surface area contributed by atoms with E-state index >= 15 is 0 Å². The SMILES string of the molecule is CCNC(=NCc1ccc(OC)c(F)c1)NCCN(C)CCCOC.I. The zero-order valence-electron chi connectivity index (χ0n) is 16.2. The zero-order chi connectivity index (χ0) is 18.5. The number of nitrogens with one attached hydrogen (secondary N) is 2. The fraction of sp³-hybridized carbons (Fsp3) is 0.611. The predicted molar refractivity (Wildman–Crippen MR) is 115 cm³/mol. The average Bonchev–Trinajstić information content (AvgIpc) is 2.60. The molecule has 1 aromatic carbocycles. The molecule has 0 spiro atoms. The maximum atomic E-state index is 13.7. The molecule has 150 valence electrons. The Morgan fingerprint density at radius 1 is 1.23 bits per heavy atom. The number of benzene rings is 1. The van der Waals surface area contributed by atoms with Gasteiger partial charge in [-0.05, 0) is 38.1 Å². The fourth-order valence-corrected chi connectivity index (χ4v) is 2.28. The minimum absolute atomic E-state index is 0. The van der Waals surface area contributed by atoms with Crippen molar-refractivity contribution in [1.29, 1.82) is 0 Å². The first kappa shape index (κ1) is 24.9. The first-order chi connectivity index (χ1) is 12.1. The van der Waals surface area contributed by atoms with Gasteiger partial charge in [0.2, 0.25) is 0 Å². The number of halogens is 2. The van der Waals surface area contributed by atoms with E-state index in [0.29, 0.717) is 6.54 Å². The molecular weight excluding hydrogens is 450 g/mol. The van der Waals surface area contributed by atoms with E-state index in [4.69, 9.17) is 9.47 Å². The lowest BCUT2D eigenvalue weighted by Gasteiger charge is -2.18. The third kappa shape index (κ3) is 10.1. The smallest absolute Gasteiger partial charge is 0.191 e. The Balaban J connectivity index is 0.00000625. The van der Waals surface area contributed by atoms with Gasteiger partial charge in [0, 0.05) is 39.9 Å². The van der Waals surface area contributed by atoms with Crippen molar-refractivity contribution >= 4 is 29.9 Å². The number of likely N-dealkylation sites (N-methyl/N-ethyl adjacent to an activating group) is 1. The van der Waals surface area contributed by atoms with Crippen LogP contribution in [-0.2, 0) is 11.3 Å². The summed E-state index contributed by atoms with van der Waals surface area (Å²) in [5.41, 5.74) is 0.798. The Kier molecular flexibility index (Phi) is 14.3. The molecule has 1 aromatic rings. The Bertz CT molecular complexity index is 532. The van der Waals surface area contributed by atoms with E-state index in [0.717, 1.165) is 50.7 Å². The number of rotatable bonds is 11. The summed E-state index contributed by atoms with van der Waals surface area (Å²) in [5, 5.41) is 6.49. The van der Waals surface area contributed by atoms with Gasteiger partial charge in [-0.2, -0.15) is 0 Å². The Labute approximate surface area is 173 Å². The third-order valence-corrected chi connectivity index (χ3v) is 3.65. The highest BCUT2D eigenvalue weighted by Gasteiger charge is 2.04. The van der Waals surface area contributed by atoms with Gasteiger partial charge in [0.25, 0.3) is 0 Å². The van der Waals surface area contributed by atoms with E-state index in [1.807, 2.05) is 13.0 Å². The molecule has 0 radical (unpaired) electrons. The van der Waals surface area contributed by atoms with E-state index in [1.54, 1.807) is 13.2 Å². The van der Waals surface area contributed by atoms with Crippen LogP contribution in [0.3, 0.4) is 0 Å². The summed E-state index contributed by atoms with van der Waals surface area (Å²) >= 11 is 0. The molecule has 0 aromatic heterocycles. The van der Waals surface area contributed by atoms with Crippen molar-refractivity contribution in [2.45, 2.75) is 19.9 Å². The topological polar surface area (TPSA) is 58.1 Å². The van der Waals surface area contributed by atoms with Gasteiger partial charge in [0.15, 0.2) is 17.5 Å². The van der Waals surface area contributed by atoms with Crippen molar-refractivity contribution < 1.29 is 13.9 Å². The van der Waals surface area contributed by atoms with Gasteiger partial charge in [-0.3, -0.25) is 0 Å². The highest BCUT2D eigenvalue weighted by Crippen LogP contribution is 2.17. The molecule has 0 bridgehead atoms. The second-order valence-electron chi connectivity index (χ2n) is 5.74. The molecule has 1 rings (SSSR count). The van der Waals surface area contributed by atoms with Crippen LogP contribution in [-0.4, -0.2) is 64.9 Å². The number of hydrogen-bond donors (Lipinski definition) is 2. The molecule has 0 aliphatic rings. The predicted octanol–water partition coefficient (Wildman–Crippen LogP) is 2.48. The van der Waals surface area contributed by atoms with Crippen LogP contribution in [0.5, 0.6) is 5.75 Å². The van der Waals surface area contributed by atoms with E-state index in [2.05, 4.69) is 27.6 Å². The highest BCUT2D eigenvalue weighted by atomic mass is 127. The standard InChI is InChI=1S/C18H31FN4O2.HI/c1-5-20-18(21-9-11-23(2)10-6-12-24-3)22-14-15-7-8-17(25-4)16(19)13-15;/h7-8,13H,5-6,9-12,14H2,1-4H3,(H2,20,21,22);1H. The molecule has 0 saturated heterocycles. The molecule has 26 heavy (non-hydrogen) atoms. The van der Waals surface area contributed by atoms with Gasteiger partial charge in [-0.15, -0.1) is 24.0 Å². The number of ether oxygens (including phenoxy) is 2. The number of nitrogens with zero attached hydrogens (tertiary/aromatic N) is 2. The van der Waals surface area contributed by atoms with Crippen molar-refractivity contribution in [3.8, 4) is 5.75 Å². The number of aliphatic imine (C=N–C) groups is 1. The number of methoxy groups -OCH3 is 2. The molecule has 0 amide bonds. The number of hydrogen-bond acceptors (Lipinski definition) is 4. The minimum atomic E-state index is -0.370. The van der Waals surface area contributed by atoms with E-state index < -0.39 is 0 Å². The highest BCUT2D eigenvalue weighted by molar-refractivity contribution is 14.0. The van der Waals surface area contributed by atoms with Crippen molar-refractivity contribution in [2.24, 2.45) is 4.99 Å². The van der Waals surface area contributed by atoms with Gasteiger partial charge in [-0.25, -0.2) is 9.38 Å². The molecule has 0 heterocycles. The maximum absolute atomic E-state index is 13.7. The van der Waals surface area contributed by atoms with Crippen LogP contribution in [0.25, 0.3) is 0 Å². The van der Waals surface area contributed by atoms with E-state index in [1.165, 1.54) is 13.2 Å². The van der Waals surface area contributed by atoms with Gasteiger partial charge < -0.3 is 25.0 Å². The van der Waals surface area contributed by atoms with Gasteiger partial charge in [0.1, 0.15) is 0 Å². The normalized spacial score (nSPS) is 11.2. The Morgan fingerprint density at radius 3 is 2.62 bits per heavy atom. The second kappa shape index (κ2) is 15.0. The van der Waals surface area contributed by atoms with Gasteiger partial charge in [0.05, 0.1) is 13.7 Å². The summed E-state index contributed by atoms with van der Waals surface area (Å²) in [4.78, 5) is 6.75. The molecule has 2 N–H and O–H groups in total. The van der Waals surface area contributed by atoms with Crippen LogP contribution >= 0.6 is 24.0 Å². The quantitative estimate of drug-likeness (QED) is 0.220. The van der Waals surface area contributed by atoms with Crippen molar-refractivity contribution in [2.75, 3.05) is 54.1 Å². The fourth-order valence-electron chi connectivity index (χ4n) is 2.28. The Morgan fingerprint density at radius 2 is 2.00 bits per heavy atom. The molecule has 0 saturated carbocycles. The van der Waals surface area contributed by atoms with Crippen molar-refractivity contribution in [3.63, 3.8) is 0 Å². The summed E-state index contributed by atoms with van der Waals surface area (Å²) in [6, 6.07) is 4.89. The van der Waals surface area contributed by atoms with E-state index in [-0.39, 0.29) is 35.5 Å². The summed E-state index contributed by atoms with van der Waals surface area (Å²) in [6.07, 6.45) is 1.02. The van der Waals surface area contributed by atoms with Crippen LogP contribution < -0.4 is 15.4 Å². The average molecular weight is 482 g/mol. The largest absolute Gasteiger partial charge is 0.494 e. The molecular formula is C18H32FIN4O2. The molecule has 0 atom stereocenters. The Hall–Kier alpha value is -1.13. The summed E-state index contributed by atoms with van der Waals surface area (Å²) in [7, 11) is 5.26. The van der Waals surface area contributed by atoms with Crippen LogP contribution in [0, 0.1) is 5.82 Å². The number of guanidine groups is 1. The molecule has 0 unspecified atom stereocenters. The van der Waals surface area contributed by atoms with Gasteiger partial charge >= 0.3 is 0 Å². The van der Waals surface area contributed by atoms with Gasteiger partial charge in [-0.1, -0.05) is 6.07 Å². The molecule has 0 aliphatic heterocycles. The lowest BCUT2D eigenvalue weighted by atomic mass is 10.2. The van der Waals surface area contributed by atoms with Crippen LogP contribution in [0.1, 0.15) is 18.9 Å². The minimum Gasteiger partial charge on any atom is -0.494 e. The third-order valence-electron chi connectivity index (χ3n) is 3.65. The molecule has 8 heteroatoms. The van der Waals surface area contributed by atoms with Crippen molar-refractivity contribution in [1.82, 2.24) is 15.5 Å². The molecule has 6 nitrogen and oxygen atoms in total. The van der Waals surface area contributed by atoms with Crippen LogP contribution in [0.4, 0.5) is 4.39 Å². The van der Waals surface area contributed by atoms with E-state index in [9.17, 15) is 4.39 Å². The van der Waals surface area contributed by atoms with Crippen LogP contribution in [0.15, 0.2) is 23.2 Å². The van der Waals surface area contributed by atoms with Crippen molar-refractivity contribution in [3.05, 3.63) is 29.6 Å². The molecule has 0 aliphatic carbocycles.